The van der Waals surface area contributed by atoms with E-state index in [-0.39, 0.29) is 16.7 Å². The fourth-order valence-electron chi connectivity index (χ4n) is 3.34. The maximum absolute atomic E-state index is 12.0. The summed E-state index contributed by atoms with van der Waals surface area (Å²) in [5.41, 5.74) is 2.78. The van der Waals surface area contributed by atoms with Crippen molar-refractivity contribution in [3.8, 4) is 5.88 Å². The molecule has 1 aromatic heterocycles. The lowest BCUT2D eigenvalue weighted by molar-refractivity contribution is -0.0980. The fourth-order valence-corrected chi connectivity index (χ4v) is 4.27. The van der Waals surface area contributed by atoms with E-state index in [4.69, 9.17) is 9.63 Å². The molecule has 0 radical (unpaired) electrons. The van der Waals surface area contributed by atoms with Crippen molar-refractivity contribution in [1.82, 2.24) is 9.78 Å². The fraction of sp³-hybridized carbons (Fsp3) is 0.312. The predicted octanol–water partition coefficient (Wildman–Crippen LogP) is 0.992. The monoisotopic (exact) mass is 363 g/mol. The summed E-state index contributed by atoms with van der Waals surface area (Å²) in [4.78, 5) is 13.8. The van der Waals surface area contributed by atoms with Crippen molar-refractivity contribution in [2.24, 2.45) is 18.1 Å². The van der Waals surface area contributed by atoms with Crippen molar-refractivity contribution in [3.63, 3.8) is 0 Å². The lowest BCUT2D eigenvalue weighted by Crippen LogP contribution is -2.15. The first-order valence-electron chi connectivity index (χ1n) is 7.43. The summed E-state index contributed by atoms with van der Waals surface area (Å²) in [6.45, 7) is 2.00. The summed E-state index contributed by atoms with van der Waals surface area (Å²) in [7, 11) is -1.72. The molecule has 0 saturated carbocycles. The topological polar surface area (TPSA) is 111 Å². The molecule has 2 aromatic rings. The van der Waals surface area contributed by atoms with Crippen LogP contribution in [0.25, 0.3) is 0 Å². The first-order chi connectivity index (χ1) is 11.9. The van der Waals surface area contributed by atoms with Crippen LogP contribution in [0, 0.1) is 5.92 Å². The average Bonchev–Trinajstić information content (AvgIpc) is 3.23. The Bertz CT molecular complexity index is 964. The van der Waals surface area contributed by atoms with Crippen LogP contribution in [0.3, 0.4) is 0 Å². The van der Waals surface area contributed by atoms with E-state index in [2.05, 4.69) is 10.3 Å². The minimum absolute atomic E-state index is 0.0331. The summed E-state index contributed by atoms with van der Waals surface area (Å²) in [6, 6.07) is 5.24. The van der Waals surface area contributed by atoms with Crippen LogP contribution >= 0.6 is 0 Å². The molecule has 4 rings (SSSR count). The van der Waals surface area contributed by atoms with Gasteiger partial charge in [0.15, 0.2) is 15.9 Å². The predicted molar refractivity (Wildman–Crippen MR) is 89.1 cm³/mol. The summed E-state index contributed by atoms with van der Waals surface area (Å²) < 4.78 is 25.4. The van der Waals surface area contributed by atoms with Crippen LogP contribution in [0.15, 0.2) is 34.4 Å². The van der Waals surface area contributed by atoms with Gasteiger partial charge in [-0.15, -0.1) is 0 Å². The van der Waals surface area contributed by atoms with Gasteiger partial charge in [-0.05, 0) is 18.1 Å². The maximum Gasteiger partial charge on any atom is 0.216 e. The van der Waals surface area contributed by atoms with E-state index in [9.17, 15) is 13.5 Å². The van der Waals surface area contributed by atoms with Gasteiger partial charge in [0.25, 0.3) is 0 Å². The minimum Gasteiger partial charge on any atom is -0.493 e. The summed E-state index contributed by atoms with van der Waals surface area (Å²) in [5, 5.41) is 18.2. The zero-order chi connectivity index (χ0) is 18.4. The molecule has 2 aliphatic rings. The van der Waals surface area contributed by atoms with Gasteiger partial charge in [0.1, 0.15) is 6.79 Å². The second-order valence-corrected chi connectivity index (χ2v) is 7.91. The normalized spacial score (nSPS) is 20.8. The van der Waals surface area contributed by atoms with Crippen LogP contribution in [-0.4, -0.2) is 42.1 Å². The molecular weight excluding hydrogens is 346 g/mol. The molecule has 2 heterocycles. The van der Waals surface area contributed by atoms with Crippen LogP contribution < -0.4 is 0 Å². The van der Waals surface area contributed by atoms with Gasteiger partial charge >= 0.3 is 0 Å². The lowest BCUT2D eigenvalue weighted by atomic mass is 9.94. The summed E-state index contributed by atoms with van der Waals surface area (Å²) in [6.07, 6.45) is 2.91. The largest absolute Gasteiger partial charge is 0.493 e. The molecule has 0 bridgehead atoms. The van der Waals surface area contributed by atoms with Crippen LogP contribution in [-0.2, 0) is 32.9 Å². The SMILES string of the molecule is C=O.Cn1ncc(C2ON=C3c4c(cccc4S(C)(=O)=O)CC32)c1O. The number of carbonyl (C=O) groups is 1. The van der Waals surface area contributed by atoms with Gasteiger partial charge in [-0.25, -0.2) is 13.1 Å². The van der Waals surface area contributed by atoms with Gasteiger partial charge in [-0.3, -0.25) is 0 Å². The number of hydrogen-bond acceptors (Lipinski definition) is 7. The van der Waals surface area contributed by atoms with E-state index in [0.717, 1.165) is 5.56 Å². The van der Waals surface area contributed by atoms with Crippen molar-refractivity contribution in [2.75, 3.05) is 6.26 Å². The average molecular weight is 363 g/mol. The molecular formula is C16H17N3O5S. The van der Waals surface area contributed by atoms with Crippen molar-refractivity contribution < 1.29 is 23.2 Å². The molecule has 0 amide bonds. The third-order valence-electron chi connectivity index (χ3n) is 4.43. The first-order valence-corrected chi connectivity index (χ1v) is 9.33. The molecule has 1 aromatic carbocycles. The molecule has 9 heteroatoms. The molecule has 2 unspecified atom stereocenters. The number of nitrogens with zero attached hydrogens (tertiary/aromatic N) is 3. The second kappa shape index (κ2) is 5.99. The highest BCUT2D eigenvalue weighted by atomic mass is 32.2. The van der Waals surface area contributed by atoms with Gasteiger partial charge in [0, 0.05) is 18.9 Å². The van der Waals surface area contributed by atoms with Gasteiger partial charge in [-0.2, -0.15) is 5.10 Å². The number of oxime groups is 1. The second-order valence-electron chi connectivity index (χ2n) is 5.92. The Balaban J connectivity index is 0.000000880. The third kappa shape index (κ3) is 2.60. The number of aromatic nitrogens is 2. The van der Waals surface area contributed by atoms with Crippen LogP contribution in [0.5, 0.6) is 5.88 Å². The highest BCUT2D eigenvalue weighted by Gasteiger charge is 2.45. The van der Waals surface area contributed by atoms with E-state index < -0.39 is 15.9 Å². The maximum atomic E-state index is 12.0. The third-order valence-corrected chi connectivity index (χ3v) is 5.57. The Hall–Kier alpha value is -2.68. The van der Waals surface area contributed by atoms with Crippen LogP contribution in [0.4, 0.5) is 0 Å². The Morgan fingerprint density at radius 3 is 2.68 bits per heavy atom. The molecule has 1 aliphatic carbocycles. The quantitative estimate of drug-likeness (QED) is 0.852. The molecule has 2 atom stereocenters. The van der Waals surface area contributed by atoms with E-state index in [1.807, 2.05) is 12.9 Å². The number of aromatic hydroxyl groups is 1. The molecule has 1 aliphatic heterocycles. The van der Waals surface area contributed by atoms with Gasteiger partial charge < -0.3 is 14.7 Å². The van der Waals surface area contributed by atoms with Crippen LogP contribution in [0.1, 0.15) is 22.8 Å². The molecule has 1 N–H and O–H groups in total. The van der Waals surface area contributed by atoms with Crippen molar-refractivity contribution in [1.29, 1.82) is 0 Å². The van der Waals surface area contributed by atoms with E-state index in [1.54, 1.807) is 25.4 Å². The standard InChI is InChI=1S/C15H15N3O4S.CH2O/c1-18-15(19)10(7-16-18)14-9-6-8-4-3-5-11(23(2,20)21)12(8)13(9)17-22-14;1-2/h3-5,7,9,14,19H,6H2,1-2H3;1H2. The van der Waals surface area contributed by atoms with Crippen molar-refractivity contribution >= 4 is 22.3 Å². The number of aryl methyl sites for hydroxylation is 1. The molecule has 25 heavy (non-hydrogen) atoms. The first kappa shape index (κ1) is 17.2. The Labute approximate surface area is 144 Å². The molecule has 132 valence electrons. The molecule has 0 spiro atoms. The minimum atomic E-state index is -3.36. The Morgan fingerprint density at radius 2 is 2.08 bits per heavy atom. The van der Waals surface area contributed by atoms with Crippen LogP contribution in [0.2, 0.25) is 0 Å². The molecule has 8 nitrogen and oxygen atoms in total. The number of hydrogen-bond donors (Lipinski definition) is 1. The number of fused-ring (bicyclic) bond motifs is 3. The smallest absolute Gasteiger partial charge is 0.216 e. The van der Waals surface area contributed by atoms with Crippen molar-refractivity contribution in [3.05, 3.63) is 41.1 Å². The van der Waals surface area contributed by atoms with Gasteiger partial charge in [-0.1, -0.05) is 17.3 Å². The molecule has 0 fully saturated rings. The zero-order valence-electron chi connectivity index (χ0n) is 13.7. The van der Waals surface area contributed by atoms with E-state index in [0.29, 0.717) is 23.3 Å². The number of carbonyl (C=O) groups excluding carboxylic acids is 1. The van der Waals surface area contributed by atoms with E-state index >= 15 is 0 Å². The number of rotatable bonds is 2. The van der Waals surface area contributed by atoms with Crippen molar-refractivity contribution in [2.45, 2.75) is 17.4 Å². The molecule has 0 saturated heterocycles. The highest BCUT2D eigenvalue weighted by Crippen LogP contribution is 2.45. The Kier molecular flexibility index (Phi) is 4.11. The summed E-state index contributed by atoms with van der Waals surface area (Å²) >= 11 is 0. The summed E-state index contributed by atoms with van der Waals surface area (Å²) in [5.74, 6) is -0.0891. The highest BCUT2D eigenvalue weighted by molar-refractivity contribution is 7.90. The zero-order valence-corrected chi connectivity index (χ0v) is 14.5. The van der Waals surface area contributed by atoms with E-state index in [1.165, 1.54) is 10.9 Å². The number of sulfone groups is 1. The van der Waals surface area contributed by atoms with Gasteiger partial charge in [0.2, 0.25) is 5.88 Å². The van der Waals surface area contributed by atoms with Gasteiger partial charge in [0.05, 0.1) is 28.3 Å². The lowest BCUT2D eigenvalue weighted by Gasteiger charge is -2.13. The number of benzene rings is 1. The Morgan fingerprint density at radius 1 is 1.36 bits per heavy atom.